The van der Waals surface area contributed by atoms with E-state index in [4.69, 9.17) is 4.84 Å². The van der Waals surface area contributed by atoms with E-state index in [1.165, 1.54) is 38.5 Å². The molecular formula is C27H44N2O5. The molecule has 4 rings (SSSR count). The summed E-state index contributed by atoms with van der Waals surface area (Å²) in [4.78, 5) is 27.9. The van der Waals surface area contributed by atoms with E-state index in [0.717, 1.165) is 24.3 Å². The van der Waals surface area contributed by atoms with Gasteiger partial charge in [0.1, 0.15) is 6.10 Å². The zero-order chi connectivity index (χ0) is 24.8. The summed E-state index contributed by atoms with van der Waals surface area (Å²) in [7, 11) is 0. The summed E-state index contributed by atoms with van der Waals surface area (Å²) in [5.74, 6) is 3.52. The molecule has 7 nitrogen and oxygen atoms in total. The Bertz CT molecular complexity index is 841. The Labute approximate surface area is 204 Å². The minimum absolute atomic E-state index is 0.175. The van der Waals surface area contributed by atoms with Gasteiger partial charge in [-0.1, -0.05) is 53.9 Å². The lowest BCUT2D eigenvalue weighted by molar-refractivity contribution is -0.769. The third kappa shape index (κ3) is 4.37. The van der Waals surface area contributed by atoms with Crippen molar-refractivity contribution >= 4 is 0 Å². The summed E-state index contributed by atoms with van der Waals surface area (Å²) in [6, 6.07) is 0. The van der Waals surface area contributed by atoms with Crippen LogP contribution in [0.1, 0.15) is 105 Å². The first-order chi connectivity index (χ1) is 16.0. The van der Waals surface area contributed by atoms with Crippen molar-refractivity contribution in [3.63, 3.8) is 0 Å². The second-order valence-corrected chi connectivity index (χ2v) is 12.9. The van der Waals surface area contributed by atoms with E-state index >= 15 is 0 Å². The number of rotatable bonds is 8. The van der Waals surface area contributed by atoms with Crippen molar-refractivity contribution in [3.05, 3.63) is 31.5 Å². The molecule has 8 atom stereocenters. The largest absolute Gasteiger partial charge is 0.310 e. The molecular weight excluding hydrogens is 432 g/mol. The van der Waals surface area contributed by atoms with Gasteiger partial charge in [-0.05, 0) is 84.9 Å². The number of hydrogen-bond acceptors (Lipinski definition) is 5. The molecule has 0 radical (unpaired) electrons. The van der Waals surface area contributed by atoms with Gasteiger partial charge in [0.25, 0.3) is 5.09 Å². The van der Waals surface area contributed by atoms with Crippen LogP contribution in [0.5, 0.6) is 0 Å². The smallest absolute Gasteiger partial charge is 0.294 e. The fourth-order valence-electron chi connectivity index (χ4n) is 9.16. The van der Waals surface area contributed by atoms with Crippen molar-refractivity contribution in [2.75, 3.05) is 0 Å². The first-order valence-electron chi connectivity index (χ1n) is 13.7. The highest BCUT2D eigenvalue weighted by Crippen LogP contribution is 2.68. The summed E-state index contributed by atoms with van der Waals surface area (Å²) in [5, 5.41) is 22.4. The van der Waals surface area contributed by atoms with Gasteiger partial charge in [-0.25, -0.2) is 0 Å². The Hall–Kier alpha value is -1.66. The topological polar surface area (TPSA) is 95.5 Å². The lowest BCUT2D eigenvalue weighted by Crippen LogP contribution is -2.52. The summed E-state index contributed by atoms with van der Waals surface area (Å²) in [6.45, 7) is 11.8. The molecule has 3 fully saturated rings. The standard InChI is InChI=1S/C27H44N2O5/c1-17(2)7-6-8-18(3)21-9-10-22-20-16-25(28(30)31)24-15-19(34-29(32)33)11-13-27(24,5)23(20)12-14-26(21,22)4/h17-23H,6-16H2,1-5H3/t18-,19?,20+,21-,22+,23+,26-,27-/m1/s1. The van der Waals surface area contributed by atoms with Crippen molar-refractivity contribution < 1.29 is 14.8 Å². The zero-order valence-corrected chi connectivity index (χ0v) is 21.8. The molecule has 4 aliphatic rings. The maximum absolute atomic E-state index is 12.2. The van der Waals surface area contributed by atoms with Crippen LogP contribution in [0.3, 0.4) is 0 Å². The minimum atomic E-state index is -0.738. The molecule has 0 heterocycles. The van der Waals surface area contributed by atoms with Crippen molar-refractivity contribution in [2.45, 2.75) is 111 Å². The van der Waals surface area contributed by atoms with E-state index in [2.05, 4.69) is 34.6 Å². The van der Waals surface area contributed by atoms with Crippen molar-refractivity contribution in [2.24, 2.45) is 46.3 Å². The average molecular weight is 477 g/mol. The van der Waals surface area contributed by atoms with Crippen LogP contribution in [0, 0.1) is 66.6 Å². The zero-order valence-electron chi connectivity index (χ0n) is 21.8. The average Bonchev–Trinajstić information content (AvgIpc) is 3.10. The quantitative estimate of drug-likeness (QED) is 0.272. The molecule has 0 amide bonds. The summed E-state index contributed by atoms with van der Waals surface area (Å²) < 4.78 is 0. The molecule has 0 aliphatic heterocycles. The van der Waals surface area contributed by atoms with Gasteiger partial charge in [-0.2, -0.15) is 0 Å². The summed E-state index contributed by atoms with van der Waals surface area (Å²) in [5.41, 5.74) is 1.24. The SMILES string of the molecule is CC(C)CCC[C@@H](C)[C@H]1CC[C@H]2[C@@H]3CC([N+](=O)[O-])=C4CC(O[N+](=O)[O-])CC[C@]4(C)[C@H]3CC[C@]12C. The van der Waals surface area contributed by atoms with Crippen LogP contribution in [0.4, 0.5) is 0 Å². The van der Waals surface area contributed by atoms with Gasteiger partial charge in [-0.15, -0.1) is 10.1 Å². The predicted octanol–water partition coefficient (Wildman–Crippen LogP) is 7.21. The van der Waals surface area contributed by atoms with Gasteiger partial charge in [0.2, 0.25) is 5.70 Å². The summed E-state index contributed by atoms with van der Waals surface area (Å²) >= 11 is 0. The summed E-state index contributed by atoms with van der Waals surface area (Å²) in [6.07, 6.45) is 10.3. The molecule has 1 unspecified atom stereocenters. The van der Waals surface area contributed by atoms with Gasteiger partial charge < -0.3 is 4.84 Å². The van der Waals surface area contributed by atoms with E-state index in [-0.39, 0.29) is 15.8 Å². The van der Waals surface area contributed by atoms with Crippen molar-refractivity contribution in [3.8, 4) is 0 Å². The number of nitro groups is 1. The molecule has 0 aromatic heterocycles. The highest BCUT2D eigenvalue weighted by atomic mass is 17.0. The second kappa shape index (κ2) is 9.42. The van der Waals surface area contributed by atoms with Crippen LogP contribution in [0.2, 0.25) is 0 Å². The third-order valence-electron chi connectivity index (χ3n) is 10.8. The van der Waals surface area contributed by atoms with Crippen LogP contribution in [-0.2, 0) is 4.84 Å². The first kappa shape index (κ1) is 25.4. The van der Waals surface area contributed by atoms with Gasteiger partial charge in [0.05, 0.1) is 4.92 Å². The maximum Gasteiger partial charge on any atom is 0.294 e. The van der Waals surface area contributed by atoms with Crippen molar-refractivity contribution in [1.29, 1.82) is 0 Å². The second-order valence-electron chi connectivity index (χ2n) is 12.9. The van der Waals surface area contributed by atoms with Gasteiger partial charge in [-0.3, -0.25) is 10.1 Å². The number of nitrogens with zero attached hydrogens (tertiary/aromatic N) is 2. The van der Waals surface area contributed by atoms with Crippen LogP contribution in [0.15, 0.2) is 11.3 Å². The molecule has 192 valence electrons. The van der Waals surface area contributed by atoms with Crippen LogP contribution < -0.4 is 0 Å². The molecule has 4 aliphatic carbocycles. The molecule has 0 bridgehead atoms. The third-order valence-corrected chi connectivity index (χ3v) is 10.8. The van der Waals surface area contributed by atoms with E-state index in [1.807, 2.05) is 0 Å². The lowest BCUT2D eigenvalue weighted by atomic mass is 9.46. The van der Waals surface area contributed by atoms with Crippen LogP contribution >= 0.6 is 0 Å². The molecule has 0 aromatic carbocycles. The predicted molar refractivity (Wildman–Crippen MR) is 131 cm³/mol. The Morgan fingerprint density at radius 2 is 1.71 bits per heavy atom. The first-order valence-corrected chi connectivity index (χ1v) is 13.7. The normalized spacial score (nSPS) is 40.4. The highest BCUT2D eigenvalue weighted by molar-refractivity contribution is 5.28. The molecule has 34 heavy (non-hydrogen) atoms. The monoisotopic (exact) mass is 476 g/mol. The van der Waals surface area contributed by atoms with Crippen molar-refractivity contribution in [1.82, 2.24) is 0 Å². The Balaban J connectivity index is 1.58. The molecule has 0 spiro atoms. The van der Waals surface area contributed by atoms with Gasteiger partial charge in [0.15, 0.2) is 0 Å². The molecule has 3 saturated carbocycles. The fraction of sp³-hybridized carbons (Fsp3) is 0.926. The van der Waals surface area contributed by atoms with Crippen LogP contribution in [0.25, 0.3) is 0 Å². The Morgan fingerprint density at radius 1 is 0.971 bits per heavy atom. The van der Waals surface area contributed by atoms with E-state index in [0.29, 0.717) is 54.5 Å². The molecule has 0 saturated heterocycles. The fourth-order valence-corrected chi connectivity index (χ4v) is 9.16. The van der Waals surface area contributed by atoms with Crippen LogP contribution in [-0.4, -0.2) is 16.1 Å². The number of fused-ring (bicyclic) bond motifs is 5. The number of hydrogen-bond donors (Lipinski definition) is 0. The molecule has 0 N–H and O–H groups in total. The van der Waals surface area contributed by atoms with E-state index in [9.17, 15) is 20.2 Å². The number of allylic oxidation sites excluding steroid dienone is 1. The molecule has 7 heteroatoms. The maximum atomic E-state index is 12.2. The minimum Gasteiger partial charge on any atom is -0.310 e. The van der Waals surface area contributed by atoms with E-state index in [1.54, 1.807) is 0 Å². The van der Waals surface area contributed by atoms with Gasteiger partial charge >= 0.3 is 0 Å². The van der Waals surface area contributed by atoms with E-state index < -0.39 is 11.2 Å². The Morgan fingerprint density at radius 3 is 2.35 bits per heavy atom. The lowest BCUT2D eigenvalue weighted by Gasteiger charge is -2.58. The Kier molecular flexibility index (Phi) is 7.05. The highest BCUT2D eigenvalue weighted by Gasteiger charge is 2.61. The molecule has 0 aromatic rings. The van der Waals surface area contributed by atoms with Gasteiger partial charge in [0, 0.05) is 18.4 Å².